The van der Waals surface area contributed by atoms with Gasteiger partial charge in [-0.15, -0.1) is 16.7 Å². The van der Waals surface area contributed by atoms with E-state index in [0.29, 0.717) is 27.2 Å². The lowest BCUT2D eigenvalue weighted by Gasteiger charge is -2.05. The lowest BCUT2D eigenvalue weighted by Crippen LogP contribution is -2.22. The molecular weight excluding hydrogens is 329 g/mol. The molecule has 1 heterocycles. The minimum atomic E-state index is -0.262. The quantitative estimate of drug-likeness (QED) is 0.869. The molecule has 0 saturated carbocycles. The average Bonchev–Trinajstić information content (AvgIpc) is 2.83. The van der Waals surface area contributed by atoms with Gasteiger partial charge in [0.15, 0.2) is 0 Å². The summed E-state index contributed by atoms with van der Waals surface area (Å²) in [7, 11) is 0. The molecule has 2 rings (SSSR count). The third-order valence-corrected chi connectivity index (χ3v) is 3.72. The maximum absolute atomic E-state index is 11.9. The van der Waals surface area contributed by atoms with Crippen LogP contribution in [0.25, 0.3) is 0 Å². The zero-order valence-electron chi connectivity index (χ0n) is 9.49. The number of carbonyl (C=O) groups is 1. The number of carbonyl (C=O) groups excluding carboxylic acids is 1. The van der Waals surface area contributed by atoms with Crippen LogP contribution in [0.2, 0.25) is 10.0 Å². The Labute approximate surface area is 128 Å². The van der Waals surface area contributed by atoms with Gasteiger partial charge in [0.2, 0.25) is 0 Å². The molecule has 0 spiro atoms. The Morgan fingerprint density at radius 2 is 1.95 bits per heavy atom. The molecule has 1 amide bonds. The van der Waals surface area contributed by atoms with Crippen LogP contribution in [0.1, 0.15) is 20.9 Å². The molecular formula is C11H8Cl3N3OS. The largest absolute Gasteiger partial charge is 0.347 e. The summed E-state index contributed by atoms with van der Waals surface area (Å²) in [5, 5.41) is 7.57. The lowest BCUT2D eigenvalue weighted by atomic mass is 10.2. The number of hydrogen-bond acceptors (Lipinski definition) is 4. The van der Waals surface area contributed by atoms with E-state index in [-0.39, 0.29) is 11.8 Å². The molecule has 0 atom stereocenters. The van der Waals surface area contributed by atoms with Crippen LogP contribution >= 0.6 is 46.3 Å². The molecule has 0 radical (unpaired) electrons. The SMILES string of the molecule is O=C(NCc1cc(Cl)cc(Cl)c1)c1snnc1CCl. The molecule has 2 aromatic rings. The summed E-state index contributed by atoms with van der Waals surface area (Å²) in [5.74, 6) is -0.107. The smallest absolute Gasteiger partial charge is 0.265 e. The Morgan fingerprint density at radius 3 is 2.58 bits per heavy atom. The second-order valence-electron chi connectivity index (χ2n) is 3.64. The molecule has 0 aliphatic carbocycles. The predicted octanol–water partition coefficient (Wildman–Crippen LogP) is 3.51. The van der Waals surface area contributed by atoms with Crippen molar-refractivity contribution in [3.8, 4) is 0 Å². The Kier molecular flexibility index (Phi) is 4.99. The second-order valence-corrected chi connectivity index (χ2v) is 5.54. The van der Waals surface area contributed by atoms with Gasteiger partial charge in [-0.25, -0.2) is 0 Å². The summed E-state index contributed by atoms with van der Waals surface area (Å²) in [6.45, 7) is 0.318. The van der Waals surface area contributed by atoms with Crippen LogP contribution in [0, 0.1) is 0 Å². The standard InChI is InChI=1S/C11H8Cl3N3OS/c12-4-9-10(19-17-16-9)11(18)15-5-6-1-7(13)3-8(14)2-6/h1-3H,4-5H2,(H,15,18). The monoisotopic (exact) mass is 335 g/mol. The molecule has 19 heavy (non-hydrogen) atoms. The highest BCUT2D eigenvalue weighted by molar-refractivity contribution is 7.08. The van der Waals surface area contributed by atoms with Crippen molar-refractivity contribution in [3.63, 3.8) is 0 Å². The maximum atomic E-state index is 11.9. The number of amides is 1. The molecule has 0 aliphatic heterocycles. The van der Waals surface area contributed by atoms with Crippen LogP contribution in [-0.4, -0.2) is 15.5 Å². The topological polar surface area (TPSA) is 54.9 Å². The number of benzene rings is 1. The third kappa shape index (κ3) is 3.79. The van der Waals surface area contributed by atoms with Gasteiger partial charge in [-0.2, -0.15) is 0 Å². The minimum Gasteiger partial charge on any atom is -0.347 e. The molecule has 1 aromatic carbocycles. The zero-order chi connectivity index (χ0) is 13.8. The Bertz CT molecular complexity index is 582. The molecule has 0 saturated heterocycles. The van der Waals surface area contributed by atoms with Crippen LogP contribution in [0.5, 0.6) is 0 Å². The summed E-state index contributed by atoms with van der Waals surface area (Å²) in [6, 6.07) is 5.11. The van der Waals surface area contributed by atoms with Gasteiger partial charge in [-0.1, -0.05) is 27.7 Å². The molecule has 0 unspecified atom stereocenters. The van der Waals surface area contributed by atoms with Crippen molar-refractivity contribution in [1.29, 1.82) is 0 Å². The fourth-order valence-corrected chi connectivity index (χ4v) is 2.88. The van der Waals surface area contributed by atoms with Gasteiger partial charge in [0, 0.05) is 16.6 Å². The van der Waals surface area contributed by atoms with E-state index in [1.54, 1.807) is 18.2 Å². The molecule has 0 fully saturated rings. The zero-order valence-corrected chi connectivity index (χ0v) is 12.6. The van der Waals surface area contributed by atoms with Crippen molar-refractivity contribution in [2.45, 2.75) is 12.4 Å². The van der Waals surface area contributed by atoms with Gasteiger partial charge < -0.3 is 5.32 Å². The van der Waals surface area contributed by atoms with Gasteiger partial charge in [0.25, 0.3) is 5.91 Å². The maximum Gasteiger partial charge on any atom is 0.265 e. The number of halogens is 3. The highest BCUT2D eigenvalue weighted by atomic mass is 35.5. The Balaban J connectivity index is 2.04. The van der Waals surface area contributed by atoms with E-state index in [4.69, 9.17) is 34.8 Å². The van der Waals surface area contributed by atoms with Gasteiger partial charge in [0.05, 0.1) is 5.88 Å². The van der Waals surface area contributed by atoms with Crippen molar-refractivity contribution in [3.05, 3.63) is 44.4 Å². The van der Waals surface area contributed by atoms with E-state index in [9.17, 15) is 4.79 Å². The number of nitrogens with one attached hydrogen (secondary N) is 1. The van der Waals surface area contributed by atoms with Gasteiger partial charge >= 0.3 is 0 Å². The number of hydrogen-bond donors (Lipinski definition) is 1. The first kappa shape index (κ1) is 14.5. The molecule has 1 N–H and O–H groups in total. The number of nitrogens with zero attached hydrogens (tertiary/aromatic N) is 2. The number of rotatable bonds is 4. The first-order valence-electron chi connectivity index (χ1n) is 5.20. The van der Waals surface area contributed by atoms with E-state index in [2.05, 4.69) is 14.9 Å². The molecule has 8 heteroatoms. The van der Waals surface area contributed by atoms with E-state index >= 15 is 0 Å². The van der Waals surface area contributed by atoms with Crippen molar-refractivity contribution >= 4 is 52.2 Å². The molecule has 100 valence electrons. The lowest BCUT2D eigenvalue weighted by molar-refractivity contribution is 0.0954. The third-order valence-electron chi connectivity index (χ3n) is 2.26. The van der Waals surface area contributed by atoms with Crippen molar-refractivity contribution in [2.75, 3.05) is 0 Å². The summed E-state index contributed by atoms with van der Waals surface area (Å²) in [6.07, 6.45) is 0. The van der Waals surface area contributed by atoms with Crippen LogP contribution in [0.15, 0.2) is 18.2 Å². The first-order valence-corrected chi connectivity index (χ1v) is 7.27. The van der Waals surface area contributed by atoms with Crippen molar-refractivity contribution in [2.24, 2.45) is 0 Å². The normalized spacial score (nSPS) is 10.5. The van der Waals surface area contributed by atoms with Crippen LogP contribution < -0.4 is 5.32 Å². The number of aromatic nitrogens is 2. The van der Waals surface area contributed by atoms with E-state index in [0.717, 1.165) is 17.1 Å². The minimum absolute atomic E-state index is 0.155. The van der Waals surface area contributed by atoms with Crippen LogP contribution in [-0.2, 0) is 12.4 Å². The van der Waals surface area contributed by atoms with E-state index in [1.165, 1.54) is 0 Å². The Morgan fingerprint density at radius 1 is 1.26 bits per heavy atom. The second kappa shape index (κ2) is 6.52. The molecule has 0 aliphatic rings. The van der Waals surface area contributed by atoms with Gasteiger partial charge in [0.1, 0.15) is 10.6 Å². The summed E-state index contributed by atoms with van der Waals surface area (Å²) in [4.78, 5) is 12.3. The van der Waals surface area contributed by atoms with Gasteiger partial charge in [-0.3, -0.25) is 4.79 Å². The fourth-order valence-electron chi connectivity index (χ4n) is 1.44. The summed E-state index contributed by atoms with van der Waals surface area (Å²) in [5.41, 5.74) is 1.30. The predicted molar refractivity (Wildman–Crippen MR) is 77.1 cm³/mol. The van der Waals surface area contributed by atoms with Crippen molar-refractivity contribution < 1.29 is 4.79 Å². The first-order chi connectivity index (χ1) is 9.10. The van der Waals surface area contributed by atoms with E-state index in [1.807, 2.05) is 0 Å². The molecule has 1 aromatic heterocycles. The average molecular weight is 337 g/mol. The number of alkyl halides is 1. The fraction of sp³-hybridized carbons (Fsp3) is 0.182. The van der Waals surface area contributed by atoms with Gasteiger partial charge in [-0.05, 0) is 35.3 Å². The molecule has 0 bridgehead atoms. The highest BCUT2D eigenvalue weighted by Gasteiger charge is 2.15. The molecule has 4 nitrogen and oxygen atoms in total. The van der Waals surface area contributed by atoms with Crippen molar-refractivity contribution in [1.82, 2.24) is 14.9 Å². The van der Waals surface area contributed by atoms with E-state index < -0.39 is 0 Å². The Hall–Kier alpha value is -0.880. The highest BCUT2D eigenvalue weighted by Crippen LogP contribution is 2.19. The van der Waals surface area contributed by atoms with Crippen LogP contribution in [0.4, 0.5) is 0 Å². The summed E-state index contributed by atoms with van der Waals surface area (Å²) >= 11 is 18.4. The summed E-state index contributed by atoms with van der Waals surface area (Å²) < 4.78 is 3.70. The van der Waals surface area contributed by atoms with Crippen LogP contribution in [0.3, 0.4) is 0 Å².